The lowest BCUT2D eigenvalue weighted by atomic mass is 10.1. The van der Waals surface area contributed by atoms with Crippen molar-refractivity contribution in [2.45, 2.75) is 6.04 Å². The number of hydrogen-bond donors (Lipinski definition) is 1. The molecule has 2 heterocycles. The summed E-state index contributed by atoms with van der Waals surface area (Å²) in [6.45, 7) is 0.861. The van der Waals surface area contributed by atoms with Gasteiger partial charge in [0.15, 0.2) is 0 Å². The molecule has 1 amide bonds. The highest BCUT2D eigenvalue weighted by Crippen LogP contribution is 2.25. The Labute approximate surface area is 141 Å². The predicted octanol–water partition coefficient (Wildman–Crippen LogP) is 3.18. The van der Waals surface area contributed by atoms with Gasteiger partial charge in [0.25, 0.3) is 0 Å². The van der Waals surface area contributed by atoms with Crippen LogP contribution in [0.1, 0.15) is 16.6 Å². The molecule has 1 aliphatic rings. The topological polar surface area (TPSA) is 54.4 Å². The summed E-state index contributed by atoms with van der Waals surface area (Å²) in [6.07, 6.45) is 1.76. The van der Waals surface area contributed by atoms with Crippen LogP contribution in [0.2, 0.25) is 0 Å². The molecular weight excluding hydrogens is 334 g/mol. The van der Waals surface area contributed by atoms with Gasteiger partial charge >= 0.3 is 0 Å². The van der Waals surface area contributed by atoms with Gasteiger partial charge in [0.2, 0.25) is 5.91 Å². The number of rotatable bonds is 5. The van der Waals surface area contributed by atoms with Gasteiger partial charge in [0, 0.05) is 17.3 Å². The third kappa shape index (κ3) is 4.12. The normalized spacial score (nSPS) is 15.4. The number of nitrogens with one attached hydrogen (secondary N) is 1. The van der Waals surface area contributed by atoms with Gasteiger partial charge in [-0.1, -0.05) is 53.9 Å². The first-order chi connectivity index (χ1) is 10.8. The summed E-state index contributed by atoms with van der Waals surface area (Å²) in [5.41, 5.74) is 1.04. The highest BCUT2D eigenvalue weighted by Gasteiger charge is 2.19. The molecule has 1 aromatic heterocycles. The molecule has 0 saturated heterocycles. The van der Waals surface area contributed by atoms with Crippen LogP contribution in [-0.4, -0.2) is 33.3 Å². The maximum atomic E-state index is 12.3. The quantitative estimate of drug-likeness (QED) is 0.901. The Balaban J connectivity index is 1.66. The van der Waals surface area contributed by atoms with Crippen molar-refractivity contribution < 1.29 is 4.79 Å². The van der Waals surface area contributed by atoms with Crippen molar-refractivity contribution in [2.24, 2.45) is 4.99 Å². The van der Waals surface area contributed by atoms with Crippen molar-refractivity contribution in [1.29, 1.82) is 0 Å². The van der Waals surface area contributed by atoms with E-state index < -0.39 is 0 Å². The van der Waals surface area contributed by atoms with Crippen molar-refractivity contribution in [3.63, 3.8) is 0 Å². The SMILES string of the molecule is O=C(CSC1=NCCS1)N[C@@H](c1ccccc1)c1nccs1. The Morgan fingerprint density at radius 2 is 2.23 bits per heavy atom. The summed E-state index contributed by atoms with van der Waals surface area (Å²) in [6, 6.07) is 9.75. The van der Waals surface area contributed by atoms with Crippen molar-refractivity contribution in [1.82, 2.24) is 10.3 Å². The fourth-order valence-electron chi connectivity index (χ4n) is 2.04. The number of aliphatic imine (C=N–C) groups is 1. The van der Waals surface area contributed by atoms with Crippen molar-refractivity contribution in [3.8, 4) is 0 Å². The van der Waals surface area contributed by atoms with Gasteiger partial charge in [-0.3, -0.25) is 9.79 Å². The summed E-state index contributed by atoms with van der Waals surface area (Å²) in [5, 5.41) is 5.91. The minimum absolute atomic E-state index is 0.00394. The van der Waals surface area contributed by atoms with Crippen LogP contribution in [0.15, 0.2) is 46.9 Å². The number of nitrogens with zero attached hydrogens (tertiary/aromatic N) is 2. The molecule has 1 atom stereocenters. The average molecular weight is 350 g/mol. The minimum atomic E-state index is -0.188. The van der Waals surface area contributed by atoms with Crippen LogP contribution in [0.4, 0.5) is 0 Å². The maximum Gasteiger partial charge on any atom is 0.231 e. The summed E-state index contributed by atoms with van der Waals surface area (Å²) in [5.74, 6) is 1.42. The molecule has 22 heavy (non-hydrogen) atoms. The van der Waals surface area contributed by atoms with Crippen LogP contribution < -0.4 is 5.32 Å². The Kier molecular flexibility index (Phi) is 5.53. The molecule has 1 N–H and O–H groups in total. The van der Waals surface area contributed by atoms with E-state index in [9.17, 15) is 4.79 Å². The van der Waals surface area contributed by atoms with Crippen molar-refractivity contribution >= 4 is 45.1 Å². The first kappa shape index (κ1) is 15.6. The number of hydrogen-bond acceptors (Lipinski definition) is 6. The van der Waals surface area contributed by atoms with E-state index in [1.807, 2.05) is 35.7 Å². The molecule has 0 unspecified atom stereocenters. The summed E-state index contributed by atoms with van der Waals surface area (Å²) >= 11 is 4.78. The van der Waals surface area contributed by atoms with E-state index in [2.05, 4.69) is 15.3 Å². The van der Waals surface area contributed by atoms with Crippen LogP contribution >= 0.6 is 34.9 Å². The summed E-state index contributed by atoms with van der Waals surface area (Å²) < 4.78 is 1.01. The number of aromatic nitrogens is 1. The second kappa shape index (κ2) is 7.80. The first-order valence-electron chi connectivity index (χ1n) is 6.86. The molecule has 3 rings (SSSR count). The van der Waals surface area contributed by atoms with Crippen LogP contribution in [0, 0.1) is 0 Å². The smallest absolute Gasteiger partial charge is 0.231 e. The van der Waals surface area contributed by atoms with Gasteiger partial charge < -0.3 is 5.32 Å². The van der Waals surface area contributed by atoms with Crippen LogP contribution in [0.3, 0.4) is 0 Å². The fraction of sp³-hybridized carbons (Fsp3) is 0.267. The standard InChI is InChI=1S/C15H15N3OS3/c19-12(10-22-15-17-7-9-21-15)18-13(14-16-6-8-20-14)11-4-2-1-3-5-11/h1-6,8,13H,7,9-10H2,(H,18,19)/t13-/m0/s1. The zero-order chi connectivity index (χ0) is 15.2. The number of carbonyl (C=O) groups is 1. The molecule has 4 nitrogen and oxygen atoms in total. The van der Waals surface area contributed by atoms with E-state index in [0.717, 1.165) is 27.2 Å². The molecule has 0 radical (unpaired) electrons. The van der Waals surface area contributed by atoms with Gasteiger partial charge in [-0.15, -0.1) is 11.3 Å². The van der Waals surface area contributed by atoms with Gasteiger partial charge in [-0.25, -0.2) is 4.98 Å². The molecule has 1 aliphatic heterocycles. The zero-order valence-electron chi connectivity index (χ0n) is 11.8. The maximum absolute atomic E-state index is 12.3. The zero-order valence-corrected chi connectivity index (χ0v) is 14.2. The lowest BCUT2D eigenvalue weighted by Gasteiger charge is -2.17. The molecule has 0 bridgehead atoms. The van der Waals surface area contributed by atoms with E-state index >= 15 is 0 Å². The Hall–Kier alpha value is -1.31. The van der Waals surface area contributed by atoms with Gasteiger partial charge in [-0.2, -0.15) is 0 Å². The molecule has 114 valence electrons. The van der Waals surface area contributed by atoms with E-state index in [4.69, 9.17) is 0 Å². The first-order valence-corrected chi connectivity index (χ1v) is 9.72. The molecule has 0 aliphatic carbocycles. The van der Waals surface area contributed by atoms with E-state index in [0.29, 0.717) is 5.75 Å². The third-order valence-electron chi connectivity index (χ3n) is 3.02. The lowest BCUT2D eigenvalue weighted by molar-refractivity contribution is -0.119. The molecular formula is C15H15N3OS3. The van der Waals surface area contributed by atoms with Gasteiger partial charge in [-0.05, 0) is 5.56 Å². The summed E-state index contributed by atoms with van der Waals surface area (Å²) in [7, 11) is 0. The van der Waals surface area contributed by atoms with Crippen molar-refractivity contribution in [2.75, 3.05) is 18.1 Å². The van der Waals surface area contributed by atoms with Crippen LogP contribution in [-0.2, 0) is 4.79 Å². The molecule has 2 aromatic rings. The average Bonchev–Trinajstić information content (AvgIpc) is 3.25. The van der Waals surface area contributed by atoms with Gasteiger partial charge in [0.05, 0.1) is 12.3 Å². The number of carbonyl (C=O) groups excluding carboxylic acids is 1. The Bertz CT molecular complexity index is 643. The number of benzene rings is 1. The largest absolute Gasteiger partial charge is 0.342 e. The number of amides is 1. The lowest BCUT2D eigenvalue weighted by Crippen LogP contribution is -2.30. The number of thioether (sulfide) groups is 2. The monoisotopic (exact) mass is 349 g/mol. The van der Waals surface area contributed by atoms with E-state index in [-0.39, 0.29) is 11.9 Å². The molecule has 0 fully saturated rings. The van der Waals surface area contributed by atoms with E-state index in [1.54, 1.807) is 29.3 Å². The second-order valence-electron chi connectivity index (χ2n) is 4.57. The molecule has 0 saturated carbocycles. The van der Waals surface area contributed by atoms with Crippen LogP contribution in [0.5, 0.6) is 0 Å². The van der Waals surface area contributed by atoms with E-state index in [1.165, 1.54) is 11.8 Å². The highest BCUT2D eigenvalue weighted by atomic mass is 32.2. The van der Waals surface area contributed by atoms with Crippen LogP contribution in [0.25, 0.3) is 0 Å². The summed E-state index contributed by atoms with van der Waals surface area (Å²) in [4.78, 5) is 21.0. The number of thiazole rings is 1. The minimum Gasteiger partial charge on any atom is -0.342 e. The second-order valence-corrected chi connectivity index (χ2v) is 7.80. The molecule has 1 aromatic carbocycles. The van der Waals surface area contributed by atoms with Gasteiger partial charge in [0.1, 0.15) is 15.4 Å². The molecule has 0 spiro atoms. The Morgan fingerprint density at radius 1 is 1.36 bits per heavy atom. The predicted molar refractivity (Wildman–Crippen MR) is 95.8 cm³/mol. The third-order valence-corrected chi connectivity index (χ3v) is 6.11. The molecule has 7 heteroatoms. The van der Waals surface area contributed by atoms with Crippen molar-refractivity contribution in [3.05, 3.63) is 52.5 Å². The fourth-order valence-corrected chi connectivity index (χ4v) is 4.58. The Morgan fingerprint density at radius 3 is 2.91 bits per heavy atom. The highest BCUT2D eigenvalue weighted by molar-refractivity contribution is 8.39.